The van der Waals surface area contributed by atoms with Gasteiger partial charge >= 0.3 is 6.15 Å². The third kappa shape index (κ3) is 2.81. The maximum Gasteiger partial charge on any atom is 0.373 e. The third-order valence-corrected chi connectivity index (χ3v) is 1.02. The number of nitrogens with two attached hydrogens (primary N) is 1. The van der Waals surface area contributed by atoms with E-state index < -0.39 is 11.6 Å². The SMILES string of the molecule is Nc1cccc(F)c1O.O=C=O. The molecule has 0 unspecified atom stereocenters. The molecule has 0 fully saturated rings. The van der Waals surface area contributed by atoms with Crippen LogP contribution in [0.15, 0.2) is 18.2 Å². The molecular formula is C7H6FNO3. The minimum atomic E-state index is -0.685. The Kier molecular flexibility index (Phi) is 4.11. The molecule has 0 aromatic heterocycles. The van der Waals surface area contributed by atoms with Crippen molar-refractivity contribution in [2.24, 2.45) is 0 Å². The van der Waals surface area contributed by atoms with E-state index in [-0.39, 0.29) is 11.8 Å². The number of benzene rings is 1. The fourth-order valence-electron chi connectivity index (χ4n) is 0.532. The first kappa shape index (κ1) is 10.1. The normalized spacial score (nSPS) is 7.75. The first-order valence-electron chi connectivity index (χ1n) is 2.85. The lowest BCUT2D eigenvalue weighted by atomic mass is 10.3. The molecule has 5 heteroatoms. The predicted octanol–water partition coefficient (Wildman–Crippen LogP) is 0.530. The van der Waals surface area contributed by atoms with E-state index in [4.69, 9.17) is 20.4 Å². The van der Waals surface area contributed by atoms with Crippen LogP contribution in [-0.2, 0) is 9.59 Å². The number of carbonyl (C=O) groups excluding carboxylic acids is 2. The van der Waals surface area contributed by atoms with Gasteiger partial charge < -0.3 is 10.8 Å². The molecule has 0 atom stereocenters. The first-order chi connectivity index (χ1) is 5.63. The van der Waals surface area contributed by atoms with E-state index in [2.05, 4.69) is 0 Å². The maximum absolute atomic E-state index is 12.2. The quantitative estimate of drug-likeness (QED) is 0.440. The Morgan fingerprint density at radius 3 is 2.25 bits per heavy atom. The number of aromatic hydroxyl groups is 1. The van der Waals surface area contributed by atoms with Gasteiger partial charge in [-0.2, -0.15) is 9.59 Å². The fraction of sp³-hybridized carbons (Fsp3) is 0. The Balaban J connectivity index is 0.000000354. The summed E-state index contributed by atoms with van der Waals surface area (Å²) in [4.78, 5) is 16.2. The molecule has 0 heterocycles. The fourth-order valence-corrected chi connectivity index (χ4v) is 0.532. The summed E-state index contributed by atoms with van der Waals surface area (Å²) in [5, 5.41) is 8.71. The summed E-state index contributed by atoms with van der Waals surface area (Å²) < 4.78 is 12.2. The van der Waals surface area contributed by atoms with Gasteiger partial charge in [0.25, 0.3) is 0 Å². The molecule has 0 saturated heterocycles. The molecule has 12 heavy (non-hydrogen) atoms. The van der Waals surface area contributed by atoms with Gasteiger partial charge in [0.15, 0.2) is 11.6 Å². The zero-order valence-corrected chi connectivity index (χ0v) is 5.95. The number of nitrogen functional groups attached to an aromatic ring is 1. The van der Waals surface area contributed by atoms with Gasteiger partial charge in [-0.15, -0.1) is 0 Å². The number of phenolic OH excluding ortho intramolecular Hbond substituents is 1. The van der Waals surface area contributed by atoms with Gasteiger partial charge in [-0.1, -0.05) is 6.07 Å². The highest BCUT2D eigenvalue weighted by Crippen LogP contribution is 2.21. The van der Waals surface area contributed by atoms with Gasteiger partial charge in [0.2, 0.25) is 0 Å². The molecule has 0 radical (unpaired) electrons. The largest absolute Gasteiger partial charge is 0.503 e. The summed E-state index contributed by atoms with van der Waals surface area (Å²) in [7, 11) is 0. The Morgan fingerprint density at radius 2 is 1.92 bits per heavy atom. The van der Waals surface area contributed by atoms with E-state index in [0.29, 0.717) is 0 Å². The highest BCUT2D eigenvalue weighted by molar-refractivity contribution is 5.51. The van der Waals surface area contributed by atoms with E-state index in [1.54, 1.807) is 0 Å². The predicted molar refractivity (Wildman–Crippen MR) is 37.5 cm³/mol. The molecule has 0 aliphatic heterocycles. The minimum Gasteiger partial charge on any atom is -0.503 e. The number of hydrogen-bond acceptors (Lipinski definition) is 4. The second-order valence-corrected chi connectivity index (χ2v) is 1.76. The van der Waals surface area contributed by atoms with Crippen molar-refractivity contribution in [3.05, 3.63) is 24.0 Å². The number of para-hydroxylation sites is 1. The summed E-state index contributed by atoms with van der Waals surface area (Å²) in [5.74, 6) is -1.16. The topological polar surface area (TPSA) is 80.4 Å². The second-order valence-electron chi connectivity index (χ2n) is 1.76. The van der Waals surface area contributed by atoms with Gasteiger partial charge in [-0.3, -0.25) is 0 Å². The zero-order chi connectivity index (χ0) is 9.56. The van der Waals surface area contributed by atoms with Crippen molar-refractivity contribution in [1.29, 1.82) is 0 Å². The molecule has 0 saturated carbocycles. The maximum atomic E-state index is 12.2. The molecule has 0 amide bonds. The van der Waals surface area contributed by atoms with Crippen LogP contribution in [0.5, 0.6) is 5.75 Å². The molecule has 64 valence electrons. The highest BCUT2D eigenvalue weighted by atomic mass is 19.1. The highest BCUT2D eigenvalue weighted by Gasteiger charge is 2.00. The molecule has 1 aromatic carbocycles. The Hall–Kier alpha value is -1.87. The van der Waals surface area contributed by atoms with Crippen LogP contribution >= 0.6 is 0 Å². The number of rotatable bonds is 0. The third-order valence-electron chi connectivity index (χ3n) is 1.02. The van der Waals surface area contributed by atoms with Gasteiger partial charge in [0.1, 0.15) is 0 Å². The van der Waals surface area contributed by atoms with Crippen LogP contribution in [0, 0.1) is 5.82 Å². The number of hydrogen-bond donors (Lipinski definition) is 2. The van der Waals surface area contributed by atoms with Crippen molar-refractivity contribution in [3.63, 3.8) is 0 Å². The molecule has 0 aliphatic carbocycles. The zero-order valence-electron chi connectivity index (χ0n) is 5.95. The summed E-state index contributed by atoms with van der Waals surface area (Å²) in [5.41, 5.74) is 5.20. The Bertz CT molecular complexity index is 274. The van der Waals surface area contributed by atoms with Gasteiger partial charge in [0, 0.05) is 0 Å². The molecule has 0 aliphatic rings. The standard InChI is InChI=1S/C6H6FNO.CO2/c7-4-2-1-3-5(8)6(4)9;2-1-3/h1-3,9H,8H2;. The Labute approximate surface area is 67.4 Å². The van der Waals surface area contributed by atoms with Crippen LogP contribution < -0.4 is 5.73 Å². The van der Waals surface area contributed by atoms with Crippen LogP contribution in [0.25, 0.3) is 0 Å². The lowest BCUT2D eigenvalue weighted by Crippen LogP contribution is -1.86. The average Bonchev–Trinajstić information content (AvgIpc) is 2.02. The minimum absolute atomic E-state index is 0.0648. The summed E-state index contributed by atoms with van der Waals surface area (Å²) in [6.07, 6.45) is 0.250. The van der Waals surface area contributed by atoms with Crippen LogP contribution in [0.3, 0.4) is 0 Å². The van der Waals surface area contributed by atoms with Crippen molar-refractivity contribution in [2.75, 3.05) is 5.73 Å². The molecule has 1 rings (SSSR count). The monoisotopic (exact) mass is 171 g/mol. The Morgan fingerprint density at radius 1 is 1.42 bits per heavy atom. The summed E-state index contributed by atoms with van der Waals surface area (Å²) in [6.45, 7) is 0. The smallest absolute Gasteiger partial charge is 0.373 e. The van der Waals surface area contributed by atoms with Gasteiger partial charge in [-0.25, -0.2) is 4.39 Å². The second kappa shape index (κ2) is 4.87. The molecule has 3 N–H and O–H groups in total. The van der Waals surface area contributed by atoms with Crippen LogP contribution in [-0.4, -0.2) is 11.3 Å². The van der Waals surface area contributed by atoms with E-state index in [1.807, 2.05) is 0 Å². The van der Waals surface area contributed by atoms with Gasteiger partial charge in [0.05, 0.1) is 5.69 Å². The molecule has 0 bridgehead atoms. The lowest BCUT2D eigenvalue weighted by Gasteiger charge is -1.96. The summed E-state index contributed by atoms with van der Waals surface area (Å²) in [6, 6.07) is 4.01. The molecule has 4 nitrogen and oxygen atoms in total. The number of phenols is 1. The lowest BCUT2D eigenvalue weighted by molar-refractivity contribution is -0.191. The van der Waals surface area contributed by atoms with Crippen LogP contribution in [0.2, 0.25) is 0 Å². The van der Waals surface area contributed by atoms with Crippen LogP contribution in [0.4, 0.5) is 10.1 Å². The van der Waals surface area contributed by atoms with E-state index in [9.17, 15) is 4.39 Å². The van der Waals surface area contributed by atoms with Crippen LogP contribution in [0.1, 0.15) is 0 Å². The van der Waals surface area contributed by atoms with E-state index in [1.165, 1.54) is 12.1 Å². The van der Waals surface area contributed by atoms with Gasteiger partial charge in [-0.05, 0) is 12.1 Å². The number of halogens is 1. The van der Waals surface area contributed by atoms with E-state index in [0.717, 1.165) is 6.07 Å². The van der Waals surface area contributed by atoms with Crippen molar-refractivity contribution in [1.82, 2.24) is 0 Å². The first-order valence-corrected chi connectivity index (χ1v) is 2.85. The van der Waals surface area contributed by atoms with Crippen molar-refractivity contribution < 1.29 is 19.1 Å². The average molecular weight is 171 g/mol. The molecule has 1 aromatic rings. The summed E-state index contributed by atoms with van der Waals surface area (Å²) >= 11 is 0. The molecule has 0 spiro atoms. The van der Waals surface area contributed by atoms with E-state index >= 15 is 0 Å². The van der Waals surface area contributed by atoms with Crippen molar-refractivity contribution in [3.8, 4) is 5.75 Å². The molecular weight excluding hydrogens is 165 g/mol. The van der Waals surface area contributed by atoms with Crippen molar-refractivity contribution in [2.45, 2.75) is 0 Å². The number of anilines is 1. The van der Waals surface area contributed by atoms with Crippen molar-refractivity contribution >= 4 is 11.8 Å².